The summed E-state index contributed by atoms with van der Waals surface area (Å²) in [5.74, 6) is 1.36. The van der Waals surface area contributed by atoms with Gasteiger partial charge in [0.05, 0.1) is 0 Å². The van der Waals surface area contributed by atoms with Crippen LogP contribution < -0.4 is 19.6 Å². The molecule has 0 saturated carbocycles. The minimum atomic E-state index is -3.71. The fourth-order valence-corrected chi connectivity index (χ4v) is 14.7. The second kappa shape index (κ2) is 28.3. The van der Waals surface area contributed by atoms with E-state index in [1.54, 1.807) is 0 Å². The van der Waals surface area contributed by atoms with Crippen LogP contribution in [-0.2, 0) is 103 Å². The zero-order chi connectivity index (χ0) is 30.0. The minimum Gasteiger partial charge on any atom is -0.853 e. The van der Waals surface area contributed by atoms with Gasteiger partial charge >= 0.3 is 58.4 Å². The van der Waals surface area contributed by atoms with Crippen LogP contribution in [0.2, 0.25) is 0 Å². The topological polar surface area (TPSA) is 92.2 Å². The fraction of sp³-hybridized carbons (Fsp3) is 0.600. The summed E-state index contributed by atoms with van der Waals surface area (Å²) in [7, 11) is -1.61. The van der Waals surface area contributed by atoms with Gasteiger partial charge in [-0.3, -0.25) is 0 Å². The first-order valence-corrected chi connectivity index (χ1v) is 23.8. The van der Waals surface area contributed by atoms with E-state index < -0.39 is 31.5 Å². The van der Waals surface area contributed by atoms with Crippen molar-refractivity contribution < 1.29 is 78.0 Å². The molecule has 0 amide bonds. The van der Waals surface area contributed by atoms with Gasteiger partial charge in [-0.1, -0.05) is 113 Å². The maximum atomic E-state index is 11.8. The van der Waals surface area contributed by atoms with Gasteiger partial charge in [-0.2, -0.15) is 0 Å². The predicted molar refractivity (Wildman–Crippen MR) is 179 cm³/mol. The Labute approximate surface area is 316 Å². The van der Waals surface area contributed by atoms with E-state index in [0.717, 1.165) is 46.6 Å². The van der Waals surface area contributed by atoms with E-state index >= 15 is 0 Å². The van der Waals surface area contributed by atoms with E-state index in [4.69, 9.17) is 24.5 Å². The summed E-state index contributed by atoms with van der Waals surface area (Å²) in [5, 5.41) is 0. The van der Waals surface area contributed by atoms with Gasteiger partial charge in [0, 0.05) is 0 Å². The molecular formula is C30H48O4P2S4Zn3. The SMILES string of the molecule is CCCCCCCCS(c1ccc(C)cc1)=P([O-])([O-])[S-].CCCCCCCCS(c1ccc(C)cc1)=P([O-])([O-])[S-].[Zn+2].[Zn+2].[Zn+2]. The third kappa shape index (κ3) is 23.4. The molecule has 2 aromatic rings. The van der Waals surface area contributed by atoms with Crippen LogP contribution in [0.1, 0.15) is 102 Å². The van der Waals surface area contributed by atoms with Crippen molar-refractivity contribution in [1.29, 1.82) is 0 Å². The van der Waals surface area contributed by atoms with Crippen LogP contribution in [0.4, 0.5) is 0 Å². The Hall–Kier alpha value is 2.41. The summed E-state index contributed by atoms with van der Waals surface area (Å²) in [4.78, 5) is 49.1. The Morgan fingerprint density at radius 3 is 1.00 bits per heavy atom. The quantitative estimate of drug-likeness (QED) is 0.0824. The first kappa shape index (κ1) is 49.8. The monoisotopic (exact) mass is 854 g/mol. The normalized spacial score (nSPS) is 12.5. The predicted octanol–water partition coefficient (Wildman–Crippen LogP) is 6.55. The van der Waals surface area contributed by atoms with Gasteiger partial charge in [-0.25, -0.2) is 20.1 Å². The van der Waals surface area contributed by atoms with Crippen LogP contribution in [-0.4, -0.2) is 11.5 Å². The molecule has 0 radical (unpaired) electrons. The number of hydrogen-bond acceptors (Lipinski definition) is 6. The average molecular weight is 859 g/mol. The molecule has 0 N–H and O–H groups in total. The molecule has 0 saturated heterocycles. The molecule has 0 heterocycles. The van der Waals surface area contributed by atoms with Gasteiger partial charge in [0.15, 0.2) is 0 Å². The van der Waals surface area contributed by atoms with Gasteiger partial charge in [0.25, 0.3) is 0 Å². The molecule has 4 nitrogen and oxygen atoms in total. The molecule has 2 aromatic carbocycles. The Bertz CT molecular complexity index is 990. The molecular weight excluding hydrogens is 811 g/mol. The third-order valence-corrected chi connectivity index (χ3v) is 19.4. The number of benzene rings is 2. The van der Waals surface area contributed by atoms with Gasteiger partial charge in [-0.05, 0) is 72.3 Å². The molecule has 2 atom stereocenters. The molecule has 13 heteroatoms. The van der Waals surface area contributed by atoms with Gasteiger partial charge in [-0.15, -0.1) is 0 Å². The fourth-order valence-electron chi connectivity index (χ4n) is 4.15. The Morgan fingerprint density at radius 2 is 0.744 bits per heavy atom. The van der Waals surface area contributed by atoms with Crippen molar-refractivity contribution in [2.75, 3.05) is 11.5 Å². The van der Waals surface area contributed by atoms with Crippen molar-refractivity contribution in [3.8, 4) is 0 Å². The van der Waals surface area contributed by atoms with Crippen LogP contribution in [0, 0.1) is 13.8 Å². The van der Waals surface area contributed by atoms with E-state index in [2.05, 4.69) is 13.8 Å². The smallest absolute Gasteiger partial charge is 0.853 e. The summed E-state index contributed by atoms with van der Waals surface area (Å²) < 4.78 is 0. The van der Waals surface area contributed by atoms with E-state index in [1.807, 2.05) is 62.4 Å². The van der Waals surface area contributed by atoms with Crippen LogP contribution in [0.25, 0.3) is 0 Å². The van der Waals surface area contributed by atoms with Crippen LogP contribution in [0.5, 0.6) is 0 Å². The minimum absolute atomic E-state index is 0. The standard InChI is InChI=1S/2C15H24O2PS2.3Zn/c2*1-3-4-5-6-7-8-13-20(18(16,17)19)15-11-9-14(2)10-12-15;;;/h2*9-12H,3-8,13H2,1-2H3;;;/q2*-3;3*+2. The zero-order valence-corrected chi connectivity index (χ0v) is 40.8. The maximum absolute atomic E-state index is 11.8. The molecule has 0 aromatic heterocycles. The molecule has 232 valence electrons. The van der Waals surface area contributed by atoms with Crippen molar-refractivity contribution in [2.24, 2.45) is 0 Å². The van der Waals surface area contributed by atoms with Gasteiger partial charge in [0.1, 0.15) is 0 Å². The van der Waals surface area contributed by atoms with E-state index in [9.17, 15) is 19.6 Å². The molecule has 0 spiro atoms. The second-order valence-electron chi connectivity index (χ2n) is 10.2. The maximum Gasteiger partial charge on any atom is 2.00 e. The van der Waals surface area contributed by atoms with E-state index in [-0.39, 0.29) is 58.4 Å². The molecule has 43 heavy (non-hydrogen) atoms. The molecule has 0 bridgehead atoms. The number of hydrogen-bond donors (Lipinski definition) is 0. The molecule has 0 aliphatic carbocycles. The summed E-state index contributed by atoms with van der Waals surface area (Å²) in [6.45, 7) is 8.39. The third-order valence-electron chi connectivity index (χ3n) is 6.51. The summed E-state index contributed by atoms with van der Waals surface area (Å²) >= 11 is 9.51. The van der Waals surface area contributed by atoms with Crippen molar-refractivity contribution >= 4 is 56.0 Å². The molecule has 0 aliphatic heterocycles. The van der Waals surface area contributed by atoms with E-state index in [1.165, 1.54) is 51.4 Å². The van der Waals surface area contributed by atoms with Crippen LogP contribution >= 0.6 is 11.4 Å². The molecule has 2 rings (SSSR count). The second-order valence-corrected chi connectivity index (χ2v) is 25.0. The zero-order valence-electron chi connectivity index (χ0n) is 26.8. The molecule has 0 aliphatic rings. The largest absolute Gasteiger partial charge is 2.00 e. The van der Waals surface area contributed by atoms with Crippen molar-refractivity contribution in [3.63, 3.8) is 0 Å². The van der Waals surface area contributed by atoms with Crippen LogP contribution in [0.15, 0.2) is 58.3 Å². The van der Waals surface area contributed by atoms with E-state index in [0.29, 0.717) is 11.5 Å². The van der Waals surface area contributed by atoms with Gasteiger partial charge in [0.2, 0.25) is 0 Å². The summed E-state index contributed by atoms with van der Waals surface area (Å²) in [6.07, 6.45) is 14.0. The summed E-state index contributed by atoms with van der Waals surface area (Å²) in [6, 6.07) is 15.5. The Balaban J connectivity index is -0.000000696. The molecule has 2 unspecified atom stereocenters. The first-order valence-electron chi connectivity index (χ1n) is 14.5. The van der Waals surface area contributed by atoms with Gasteiger partial charge < -0.3 is 55.5 Å². The Kier molecular flexibility index (Phi) is 32.7. The van der Waals surface area contributed by atoms with Crippen molar-refractivity contribution in [2.45, 2.75) is 115 Å². The number of aryl methyl sites for hydroxylation is 2. The average Bonchev–Trinajstić information content (AvgIpc) is 2.88. The number of rotatable bonds is 16. The molecule has 0 fully saturated rings. The van der Waals surface area contributed by atoms with Crippen LogP contribution in [0.3, 0.4) is 0 Å². The van der Waals surface area contributed by atoms with Crippen molar-refractivity contribution in [1.82, 2.24) is 0 Å². The summed E-state index contributed by atoms with van der Waals surface area (Å²) in [5.41, 5.74) is -5.14. The Morgan fingerprint density at radius 1 is 0.488 bits per heavy atom. The number of unbranched alkanes of at least 4 members (excludes halogenated alkanes) is 10. The van der Waals surface area contributed by atoms with Crippen molar-refractivity contribution in [3.05, 3.63) is 59.7 Å². The first-order chi connectivity index (χ1) is 18.9.